The lowest BCUT2D eigenvalue weighted by atomic mass is 10.3. The van der Waals surface area contributed by atoms with Gasteiger partial charge in [0.05, 0.1) is 6.67 Å². The number of carbonyl (C=O) groups excluding carboxylic acids is 1. The van der Waals surface area contributed by atoms with E-state index in [1.165, 1.54) is 0 Å². The maximum absolute atomic E-state index is 11.3. The molecule has 0 heterocycles. The van der Waals surface area contributed by atoms with Crippen molar-refractivity contribution in [3.8, 4) is 0 Å². The molecule has 0 saturated carbocycles. The van der Waals surface area contributed by atoms with E-state index in [1.807, 2.05) is 0 Å². The maximum Gasteiger partial charge on any atom is 0.218 e. The van der Waals surface area contributed by atoms with E-state index in [9.17, 15) is 9.18 Å². The number of rotatable bonds is 4. The Labute approximate surface area is 53.7 Å². The number of hydrogen-bond donors (Lipinski definition) is 0. The molecule has 0 saturated heterocycles. The molecule has 0 aliphatic heterocycles. The van der Waals surface area contributed by atoms with Gasteiger partial charge in [-0.05, 0) is 25.5 Å². The highest BCUT2D eigenvalue weighted by atomic mass is 32.1. The van der Waals surface area contributed by atoms with Crippen LogP contribution in [0.2, 0.25) is 0 Å². The molecular formula is C5H8FOS. The molecule has 0 unspecified atom stereocenters. The minimum atomic E-state index is -0.345. The Morgan fingerprint density at radius 2 is 2.12 bits per heavy atom. The van der Waals surface area contributed by atoms with Gasteiger partial charge in [0.1, 0.15) is 0 Å². The number of halogens is 1. The van der Waals surface area contributed by atoms with Crippen LogP contribution in [0, 0.1) is 0 Å². The van der Waals surface area contributed by atoms with Crippen molar-refractivity contribution in [1.82, 2.24) is 0 Å². The van der Waals surface area contributed by atoms with Crippen molar-refractivity contribution in [2.24, 2.45) is 0 Å². The van der Waals surface area contributed by atoms with E-state index in [0.717, 1.165) is 0 Å². The van der Waals surface area contributed by atoms with Crippen LogP contribution in [0.25, 0.3) is 0 Å². The molecule has 0 amide bonds. The molecule has 8 heavy (non-hydrogen) atoms. The van der Waals surface area contributed by atoms with Crippen LogP contribution >= 0.6 is 12.6 Å². The first-order chi connectivity index (χ1) is 3.77. The zero-order chi connectivity index (χ0) is 6.41. The summed E-state index contributed by atoms with van der Waals surface area (Å²) in [7, 11) is 0. The normalized spacial score (nSPS) is 9.12. The summed E-state index contributed by atoms with van der Waals surface area (Å²) in [6.07, 6.45) is 1.40. The van der Waals surface area contributed by atoms with Crippen LogP contribution in [0.4, 0.5) is 4.39 Å². The number of carbonyl (C=O) groups is 1. The van der Waals surface area contributed by atoms with Crippen LogP contribution in [-0.2, 0) is 4.79 Å². The molecule has 1 nitrogen and oxygen atoms in total. The molecule has 0 aromatic heterocycles. The van der Waals surface area contributed by atoms with Crippen LogP contribution in [0.15, 0.2) is 0 Å². The fraction of sp³-hybridized carbons (Fsp3) is 0.800. The molecule has 0 aromatic rings. The minimum absolute atomic E-state index is 0.265. The highest BCUT2D eigenvalue weighted by molar-refractivity contribution is 7.96. The van der Waals surface area contributed by atoms with Gasteiger partial charge in [-0.25, -0.2) is 0 Å². The van der Waals surface area contributed by atoms with Crippen molar-refractivity contribution in [3.63, 3.8) is 0 Å². The molecule has 3 heteroatoms. The average Bonchev–Trinajstić information content (AvgIpc) is 1.66. The van der Waals surface area contributed by atoms with Crippen LogP contribution < -0.4 is 0 Å². The molecule has 0 fully saturated rings. The lowest BCUT2D eigenvalue weighted by molar-refractivity contribution is -0.110. The predicted octanol–water partition coefficient (Wildman–Crippen LogP) is 1.85. The first-order valence-electron chi connectivity index (χ1n) is 2.53. The standard InChI is InChI=1S/C5H8FOS/c6-4-2-1-3-5(7)8/h1-4H2. The lowest BCUT2D eigenvalue weighted by Crippen LogP contribution is -1.86. The van der Waals surface area contributed by atoms with Gasteiger partial charge in [0.2, 0.25) is 5.12 Å². The van der Waals surface area contributed by atoms with Gasteiger partial charge < -0.3 is 0 Å². The molecule has 0 spiro atoms. The van der Waals surface area contributed by atoms with Gasteiger partial charge in [0.25, 0.3) is 0 Å². The number of unbranched alkanes of at least 4 members (excludes halogenated alkanes) is 1. The SMILES string of the molecule is O=C([S])CCCCF. The van der Waals surface area contributed by atoms with Crippen LogP contribution in [0.5, 0.6) is 0 Å². The first kappa shape index (κ1) is 7.82. The third kappa shape index (κ3) is 5.82. The van der Waals surface area contributed by atoms with Gasteiger partial charge in [-0.1, -0.05) is 0 Å². The van der Waals surface area contributed by atoms with Gasteiger partial charge in [0.15, 0.2) is 0 Å². The summed E-state index contributed by atoms with van der Waals surface area (Å²) >= 11 is 4.23. The molecule has 0 atom stereocenters. The predicted molar refractivity (Wildman–Crippen MR) is 32.4 cm³/mol. The van der Waals surface area contributed by atoms with Crippen LogP contribution in [-0.4, -0.2) is 11.8 Å². The zero-order valence-corrected chi connectivity index (χ0v) is 5.34. The van der Waals surface area contributed by atoms with Gasteiger partial charge in [-0.2, -0.15) is 0 Å². The summed E-state index contributed by atoms with van der Waals surface area (Å²) < 4.78 is 11.3. The van der Waals surface area contributed by atoms with Crippen molar-refractivity contribution >= 4 is 17.7 Å². The Morgan fingerprint density at radius 1 is 1.50 bits per heavy atom. The third-order valence-corrected chi connectivity index (χ3v) is 0.969. The van der Waals surface area contributed by atoms with Gasteiger partial charge in [-0.3, -0.25) is 9.18 Å². The Kier molecular flexibility index (Phi) is 4.85. The Hall–Kier alpha value is -0.180. The van der Waals surface area contributed by atoms with Gasteiger partial charge in [-0.15, -0.1) is 0 Å². The minimum Gasteiger partial charge on any atom is -0.282 e. The largest absolute Gasteiger partial charge is 0.282 e. The second kappa shape index (κ2) is 4.97. The van der Waals surface area contributed by atoms with Gasteiger partial charge >= 0.3 is 0 Å². The number of hydrogen-bond acceptors (Lipinski definition) is 1. The van der Waals surface area contributed by atoms with E-state index in [2.05, 4.69) is 12.6 Å². The molecule has 0 aromatic carbocycles. The summed E-state index contributed by atoms with van der Waals surface area (Å²) in [6, 6.07) is 0. The van der Waals surface area contributed by atoms with Crippen molar-refractivity contribution in [3.05, 3.63) is 0 Å². The Balaban J connectivity index is 2.82. The average molecular weight is 135 g/mol. The lowest BCUT2D eigenvalue weighted by Gasteiger charge is -1.87. The summed E-state index contributed by atoms with van der Waals surface area (Å²) in [5.41, 5.74) is 0. The second-order valence-corrected chi connectivity index (χ2v) is 1.97. The van der Waals surface area contributed by atoms with Crippen molar-refractivity contribution in [2.45, 2.75) is 19.3 Å². The number of alkyl halides is 1. The van der Waals surface area contributed by atoms with Crippen LogP contribution in [0.1, 0.15) is 19.3 Å². The molecule has 1 radical (unpaired) electrons. The van der Waals surface area contributed by atoms with Crippen LogP contribution in [0.3, 0.4) is 0 Å². The van der Waals surface area contributed by atoms with E-state index in [0.29, 0.717) is 19.3 Å². The highest BCUT2D eigenvalue weighted by Crippen LogP contribution is 1.97. The highest BCUT2D eigenvalue weighted by Gasteiger charge is 1.93. The summed E-state index contributed by atoms with van der Waals surface area (Å²) in [4.78, 5) is 10.0. The Morgan fingerprint density at radius 3 is 2.50 bits per heavy atom. The van der Waals surface area contributed by atoms with E-state index in [4.69, 9.17) is 0 Å². The topological polar surface area (TPSA) is 17.1 Å². The molecule has 0 rings (SSSR count). The summed E-state index contributed by atoms with van der Waals surface area (Å²) in [5.74, 6) is 0. The smallest absolute Gasteiger partial charge is 0.218 e. The Bertz CT molecular complexity index is 74.8. The molecule has 0 N–H and O–H groups in total. The first-order valence-corrected chi connectivity index (χ1v) is 2.94. The maximum atomic E-state index is 11.3. The molecular weight excluding hydrogens is 127 g/mol. The monoisotopic (exact) mass is 135 g/mol. The zero-order valence-electron chi connectivity index (χ0n) is 4.52. The fourth-order valence-corrected chi connectivity index (χ4v) is 0.508. The summed E-state index contributed by atoms with van der Waals surface area (Å²) in [6.45, 7) is -0.345. The molecule has 0 aliphatic rings. The molecule has 47 valence electrons. The molecule has 0 aliphatic carbocycles. The second-order valence-electron chi connectivity index (χ2n) is 1.52. The summed E-state index contributed by atoms with van der Waals surface area (Å²) in [5, 5.41) is -0.265. The fourth-order valence-electron chi connectivity index (χ4n) is 0.364. The van der Waals surface area contributed by atoms with E-state index < -0.39 is 0 Å². The molecule has 0 bridgehead atoms. The quantitative estimate of drug-likeness (QED) is 0.537. The van der Waals surface area contributed by atoms with E-state index in [-0.39, 0.29) is 11.8 Å². The van der Waals surface area contributed by atoms with Gasteiger partial charge in [0, 0.05) is 6.42 Å². The third-order valence-electron chi connectivity index (χ3n) is 0.765. The van der Waals surface area contributed by atoms with E-state index >= 15 is 0 Å². The van der Waals surface area contributed by atoms with Crippen molar-refractivity contribution in [2.75, 3.05) is 6.67 Å². The van der Waals surface area contributed by atoms with Crippen molar-refractivity contribution in [1.29, 1.82) is 0 Å². The van der Waals surface area contributed by atoms with E-state index in [1.54, 1.807) is 0 Å². The van der Waals surface area contributed by atoms with Crippen molar-refractivity contribution < 1.29 is 9.18 Å².